The predicted octanol–water partition coefficient (Wildman–Crippen LogP) is 3.74. The Morgan fingerprint density at radius 3 is 2.62 bits per heavy atom. The van der Waals surface area contributed by atoms with Crippen molar-refractivity contribution in [3.63, 3.8) is 0 Å². The Labute approximate surface area is 144 Å². The van der Waals surface area contributed by atoms with E-state index in [9.17, 15) is 5.26 Å². The molecule has 118 valence electrons. The minimum absolute atomic E-state index is 0.322. The molecular formula is C19H13ClN2O2. The lowest BCUT2D eigenvalue weighted by Gasteiger charge is -2.32. The van der Waals surface area contributed by atoms with Crippen molar-refractivity contribution in [3.05, 3.63) is 75.8 Å². The van der Waals surface area contributed by atoms with Crippen molar-refractivity contribution in [2.75, 3.05) is 6.61 Å². The number of nitriles is 1. The molecule has 0 saturated heterocycles. The fraction of sp³-hybridized carbons (Fsp3) is 0.105. The number of rotatable bonds is 1. The van der Waals surface area contributed by atoms with E-state index in [0.717, 1.165) is 28.0 Å². The number of hydrogen-bond acceptors (Lipinski definition) is 4. The molecule has 4 nitrogen and oxygen atoms in total. The molecule has 2 aromatic carbocycles. The van der Waals surface area contributed by atoms with E-state index in [1.54, 1.807) is 12.1 Å². The fourth-order valence-corrected chi connectivity index (χ4v) is 3.16. The zero-order valence-corrected chi connectivity index (χ0v) is 13.4. The fourth-order valence-electron chi connectivity index (χ4n) is 3.03. The van der Waals surface area contributed by atoms with Crippen molar-refractivity contribution in [1.82, 2.24) is 0 Å². The maximum atomic E-state index is 9.58. The topological polar surface area (TPSA) is 68.3 Å². The zero-order valence-electron chi connectivity index (χ0n) is 12.6. The number of nitrogens with two attached hydrogens (primary N) is 1. The summed E-state index contributed by atoms with van der Waals surface area (Å²) >= 11 is 5.99. The first-order chi connectivity index (χ1) is 11.7. The van der Waals surface area contributed by atoms with Crippen LogP contribution in [0.5, 0.6) is 5.75 Å². The summed E-state index contributed by atoms with van der Waals surface area (Å²) in [5.74, 6) is 1.42. The molecule has 0 aromatic heterocycles. The molecule has 2 aliphatic heterocycles. The molecular weight excluding hydrogens is 324 g/mol. The molecule has 1 unspecified atom stereocenters. The van der Waals surface area contributed by atoms with Crippen molar-refractivity contribution < 1.29 is 9.47 Å². The molecule has 4 rings (SSSR count). The lowest BCUT2D eigenvalue weighted by atomic mass is 9.87. The second-order valence-electron chi connectivity index (χ2n) is 5.54. The number of hydrogen-bond donors (Lipinski definition) is 1. The number of nitrogens with zero attached hydrogens (tertiary/aromatic N) is 1. The summed E-state index contributed by atoms with van der Waals surface area (Å²) < 4.78 is 11.7. The van der Waals surface area contributed by atoms with E-state index in [1.165, 1.54) is 0 Å². The van der Waals surface area contributed by atoms with Crippen molar-refractivity contribution in [1.29, 1.82) is 5.26 Å². The molecule has 0 aliphatic carbocycles. The van der Waals surface area contributed by atoms with Gasteiger partial charge < -0.3 is 9.47 Å². The van der Waals surface area contributed by atoms with Gasteiger partial charge in [0.25, 0.3) is 0 Å². The maximum Gasteiger partial charge on any atom is 0.184 e. The third-order valence-electron chi connectivity index (χ3n) is 4.13. The zero-order chi connectivity index (χ0) is 16.7. The Kier molecular flexibility index (Phi) is 3.53. The molecule has 24 heavy (non-hydrogen) atoms. The van der Waals surface area contributed by atoms with Crippen LogP contribution in [-0.2, 0) is 4.74 Å². The quantitative estimate of drug-likeness (QED) is 0.861. The Balaban J connectivity index is 1.96. The average molecular weight is 337 g/mol. The van der Waals surface area contributed by atoms with Crippen LogP contribution < -0.4 is 10.5 Å². The van der Waals surface area contributed by atoms with E-state index in [1.807, 2.05) is 36.4 Å². The summed E-state index contributed by atoms with van der Waals surface area (Å²) in [6.07, 6.45) is -0.814. The highest BCUT2D eigenvalue weighted by atomic mass is 35.5. The average Bonchev–Trinajstić information content (AvgIpc) is 2.61. The summed E-state index contributed by atoms with van der Waals surface area (Å²) in [5.41, 5.74) is 9.80. The smallest absolute Gasteiger partial charge is 0.184 e. The third kappa shape index (κ3) is 2.26. The monoisotopic (exact) mass is 336 g/mol. The number of benzene rings is 2. The first-order valence-electron chi connectivity index (χ1n) is 7.47. The van der Waals surface area contributed by atoms with Crippen LogP contribution in [0.1, 0.15) is 11.1 Å². The number of fused-ring (bicyclic) bond motifs is 2. The molecule has 5 heteroatoms. The molecule has 0 spiro atoms. The normalized spacial score (nSPS) is 19.0. The number of halogens is 1. The van der Waals surface area contributed by atoms with Gasteiger partial charge in [0, 0.05) is 16.2 Å². The van der Waals surface area contributed by atoms with Gasteiger partial charge in [0.15, 0.2) is 6.23 Å². The summed E-state index contributed by atoms with van der Waals surface area (Å²) in [4.78, 5) is 0. The van der Waals surface area contributed by atoms with E-state index >= 15 is 0 Å². The van der Waals surface area contributed by atoms with Crippen LogP contribution in [0.4, 0.5) is 0 Å². The Morgan fingerprint density at radius 1 is 1.12 bits per heavy atom. The van der Waals surface area contributed by atoms with Gasteiger partial charge in [-0.05, 0) is 29.8 Å². The van der Waals surface area contributed by atoms with E-state index < -0.39 is 6.23 Å². The summed E-state index contributed by atoms with van der Waals surface area (Å²) in [6.45, 7) is 0.322. The molecule has 0 fully saturated rings. The Hall–Kier alpha value is -2.74. The minimum atomic E-state index is -0.814. The molecule has 2 heterocycles. The highest BCUT2D eigenvalue weighted by Gasteiger charge is 2.34. The van der Waals surface area contributed by atoms with E-state index in [2.05, 4.69) is 6.07 Å². The van der Waals surface area contributed by atoms with Gasteiger partial charge in [-0.3, -0.25) is 5.73 Å². The predicted molar refractivity (Wildman–Crippen MR) is 91.9 cm³/mol. The van der Waals surface area contributed by atoms with Gasteiger partial charge in [0.05, 0.1) is 11.1 Å². The maximum absolute atomic E-state index is 9.58. The van der Waals surface area contributed by atoms with Crippen molar-refractivity contribution in [2.45, 2.75) is 6.23 Å². The summed E-state index contributed by atoms with van der Waals surface area (Å²) in [7, 11) is 0. The second kappa shape index (κ2) is 5.72. The lowest BCUT2D eigenvalue weighted by Crippen LogP contribution is -2.32. The van der Waals surface area contributed by atoms with Gasteiger partial charge in [0.1, 0.15) is 24.2 Å². The van der Waals surface area contributed by atoms with Crippen LogP contribution in [0.2, 0.25) is 5.02 Å². The van der Waals surface area contributed by atoms with Crippen LogP contribution in [0, 0.1) is 11.3 Å². The standard InChI is InChI=1S/C19H13ClN2O2/c20-12-7-5-11(6-8-12)17-14(9-21)19(22)24-18-13-3-1-2-4-16(13)23-10-15(17)18/h1-8,19H,10,22H2. The molecule has 0 radical (unpaired) electrons. The molecule has 0 saturated carbocycles. The lowest BCUT2D eigenvalue weighted by molar-refractivity contribution is 0.197. The van der Waals surface area contributed by atoms with Gasteiger partial charge in [-0.15, -0.1) is 0 Å². The van der Waals surface area contributed by atoms with Crippen LogP contribution in [0.3, 0.4) is 0 Å². The number of ether oxygens (including phenoxy) is 2. The summed E-state index contributed by atoms with van der Waals surface area (Å²) in [6, 6.07) is 17.1. The molecule has 1 atom stereocenters. The first kappa shape index (κ1) is 14.8. The van der Waals surface area contributed by atoms with E-state index in [4.69, 9.17) is 26.8 Å². The SMILES string of the molecule is N#CC1=C(c2ccc(Cl)cc2)C2=C(OC1N)c1ccccc1OC2. The largest absolute Gasteiger partial charge is 0.488 e. The molecule has 0 bridgehead atoms. The van der Waals surface area contributed by atoms with Gasteiger partial charge in [-0.25, -0.2) is 0 Å². The highest BCUT2D eigenvalue weighted by molar-refractivity contribution is 6.30. The van der Waals surface area contributed by atoms with Gasteiger partial charge >= 0.3 is 0 Å². The van der Waals surface area contributed by atoms with Gasteiger partial charge in [-0.1, -0.05) is 35.9 Å². The van der Waals surface area contributed by atoms with Crippen LogP contribution in [-0.4, -0.2) is 12.8 Å². The number of para-hydroxylation sites is 1. The highest BCUT2D eigenvalue weighted by Crippen LogP contribution is 2.44. The van der Waals surface area contributed by atoms with Crippen molar-refractivity contribution in [3.8, 4) is 11.8 Å². The van der Waals surface area contributed by atoms with E-state index in [-0.39, 0.29) is 0 Å². The van der Waals surface area contributed by atoms with Crippen LogP contribution in [0.25, 0.3) is 11.3 Å². The van der Waals surface area contributed by atoms with E-state index in [0.29, 0.717) is 23.0 Å². The Morgan fingerprint density at radius 2 is 1.88 bits per heavy atom. The first-order valence-corrected chi connectivity index (χ1v) is 7.85. The van der Waals surface area contributed by atoms with Crippen molar-refractivity contribution in [2.24, 2.45) is 5.73 Å². The Bertz CT molecular complexity index is 923. The summed E-state index contributed by atoms with van der Waals surface area (Å²) in [5, 5.41) is 10.2. The molecule has 0 amide bonds. The molecule has 2 aromatic rings. The van der Waals surface area contributed by atoms with Gasteiger partial charge in [0.2, 0.25) is 0 Å². The molecule has 2 N–H and O–H groups in total. The van der Waals surface area contributed by atoms with Crippen molar-refractivity contribution >= 4 is 22.9 Å². The second-order valence-corrected chi connectivity index (χ2v) is 5.97. The van der Waals surface area contributed by atoms with Gasteiger partial charge in [-0.2, -0.15) is 5.26 Å². The third-order valence-corrected chi connectivity index (χ3v) is 4.38. The minimum Gasteiger partial charge on any atom is -0.488 e. The van der Waals surface area contributed by atoms with Crippen LogP contribution in [0.15, 0.2) is 59.7 Å². The molecule has 2 aliphatic rings. The van der Waals surface area contributed by atoms with Crippen LogP contribution >= 0.6 is 11.6 Å².